The van der Waals surface area contributed by atoms with E-state index in [4.69, 9.17) is 9.15 Å². The number of carbonyl (C=O) groups is 1. The lowest BCUT2D eigenvalue weighted by Crippen LogP contribution is -2.20. The smallest absolute Gasteiger partial charge is 0.275 e. The molecule has 110 valence electrons. The van der Waals surface area contributed by atoms with Gasteiger partial charge in [-0.1, -0.05) is 19.1 Å². The number of hydrogen-bond acceptors (Lipinski definition) is 4. The molecule has 0 spiro atoms. The van der Waals surface area contributed by atoms with Crippen LogP contribution in [0.15, 0.2) is 52.2 Å². The molecule has 0 saturated carbocycles. The number of amides is 1. The molecule has 0 saturated heterocycles. The topological polar surface area (TPSA) is 63.8 Å². The van der Waals surface area contributed by atoms with Crippen LogP contribution in [0.25, 0.3) is 0 Å². The molecule has 1 aromatic carbocycles. The second-order valence-corrected chi connectivity index (χ2v) is 4.46. The van der Waals surface area contributed by atoms with E-state index in [0.29, 0.717) is 29.4 Å². The van der Waals surface area contributed by atoms with E-state index in [2.05, 4.69) is 10.5 Å². The second-order valence-electron chi connectivity index (χ2n) is 4.46. The Morgan fingerprint density at radius 3 is 2.81 bits per heavy atom. The zero-order valence-corrected chi connectivity index (χ0v) is 12.1. The van der Waals surface area contributed by atoms with Gasteiger partial charge in [-0.25, -0.2) is 5.43 Å². The lowest BCUT2D eigenvalue weighted by atomic mass is 10.2. The van der Waals surface area contributed by atoms with Gasteiger partial charge in [0, 0.05) is 0 Å². The largest absolute Gasteiger partial charge is 0.493 e. The van der Waals surface area contributed by atoms with Gasteiger partial charge in [-0.15, -0.1) is 0 Å². The van der Waals surface area contributed by atoms with Crippen LogP contribution < -0.4 is 10.2 Å². The van der Waals surface area contributed by atoms with Crippen molar-refractivity contribution >= 4 is 11.6 Å². The first-order valence-corrected chi connectivity index (χ1v) is 6.82. The van der Waals surface area contributed by atoms with Gasteiger partial charge in [-0.3, -0.25) is 4.79 Å². The molecular formula is C16H18N2O3. The summed E-state index contributed by atoms with van der Waals surface area (Å²) < 4.78 is 10.8. The van der Waals surface area contributed by atoms with E-state index in [9.17, 15) is 4.79 Å². The average Bonchev–Trinajstić information content (AvgIpc) is 3.05. The van der Waals surface area contributed by atoms with Crippen LogP contribution in [0.5, 0.6) is 5.75 Å². The van der Waals surface area contributed by atoms with Gasteiger partial charge < -0.3 is 9.15 Å². The number of hydrogen-bond donors (Lipinski definition) is 1. The van der Waals surface area contributed by atoms with Crippen LogP contribution in [0.2, 0.25) is 0 Å². The van der Waals surface area contributed by atoms with Crippen molar-refractivity contribution in [2.75, 3.05) is 6.61 Å². The highest BCUT2D eigenvalue weighted by Gasteiger charge is 2.11. The van der Waals surface area contributed by atoms with Crippen LogP contribution in [-0.4, -0.2) is 18.2 Å². The third kappa shape index (κ3) is 3.95. The number of ether oxygens (including phenoxy) is 1. The first-order valence-electron chi connectivity index (χ1n) is 6.82. The molecule has 1 aromatic heterocycles. The van der Waals surface area contributed by atoms with Crippen LogP contribution in [0.4, 0.5) is 0 Å². The summed E-state index contributed by atoms with van der Waals surface area (Å²) >= 11 is 0. The molecule has 2 rings (SSSR count). The number of rotatable bonds is 6. The van der Waals surface area contributed by atoms with Gasteiger partial charge in [0.05, 0.1) is 18.4 Å². The summed E-state index contributed by atoms with van der Waals surface area (Å²) in [6.07, 6.45) is 2.44. The molecule has 0 aliphatic carbocycles. The number of hydrazone groups is 1. The first-order chi connectivity index (χ1) is 10.2. The van der Waals surface area contributed by atoms with Gasteiger partial charge in [-0.05, 0) is 37.6 Å². The van der Waals surface area contributed by atoms with Crippen LogP contribution in [0.1, 0.15) is 36.4 Å². The highest BCUT2D eigenvalue weighted by atomic mass is 16.5. The van der Waals surface area contributed by atoms with Crippen molar-refractivity contribution < 1.29 is 13.9 Å². The maximum atomic E-state index is 12.2. The molecule has 0 radical (unpaired) electrons. The highest BCUT2D eigenvalue weighted by Crippen LogP contribution is 2.18. The minimum atomic E-state index is -0.312. The molecule has 0 aliphatic heterocycles. The van der Waals surface area contributed by atoms with Crippen molar-refractivity contribution in [3.63, 3.8) is 0 Å². The van der Waals surface area contributed by atoms with E-state index in [1.807, 2.05) is 13.0 Å². The molecular weight excluding hydrogens is 268 g/mol. The van der Waals surface area contributed by atoms with Gasteiger partial charge in [-0.2, -0.15) is 5.10 Å². The third-order valence-corrected chi connectivity index (χ3v) is 2.80. The molecule has 1 amide bonds. The molecule has 1 heterocycles. The van der Waals surface area contributed by atoms with E-state index in [-0.39, 0.29) is 5.91 Å². The van der Waals surface area contributed by atoms with E-state index in [1.165, 1.54) is 0 Å². The molecule has 0 fully saturated rings. The summed E-state index contributed by atoms with van der Waals surface area (Å²) in [5.41, 5.74) is 3.57. The number of nitrogens with zero attached hydrogens (tertiary/aromatic N) is 1. The SMILES string of the molecule is CCCOc1ccccc1C(=O)NN=C(C)c1ccco1. The Labute approximate surface area is 123 Å². The van der Waals surface area contributed by atoms with Gasteiger partial charge in [0.15, 0.2) is 0 Å². The lowest BCUT2D eigenvalue weighted by molar-refractivity contribution is 0.0950. The standard InChI is InChI=1S/C16H18N2O3/c1-3-10-20-15-8-5-4-7-13(15)16(19)18-17-12(2)14-9-6-11-21-14/h4-9,11H,3,10H2,1-2H3,(H,18,19). The minimum absolute atomic E-state index is 0.312. The summed E-state index contributed by atoms with van der Waals surface area (Å²) in [6.45, 7) is 4.34. The fraction of sp³-hybridized carbons (Fsp3) is 0.250. The summed E-state index contributed by atoms with van der Waals surface area (Å²) in [7, 11) is 0. The summed E-state index contributed by atoms with van der Waals surface area (Å²) in [6, 6.07) is 10.6. The Hall–Kier alpha value is -2.56. The predicted octanol–water partition coefficient (Wildman–Crippen LogP) is 3.22. The zero-order valence-electron chi connectivity index (χ0n) is 12.1. The van der Waals surface area contributed by atoms with Crippen molar-refractivity contribution in [1.29, 1.82) is 0 Å². The van der Waals surface area contributed by atoms with Gasteiger partial charge in [0.2, 0.25) is 0 Å². The molecule has 21 heavy (non-hydrogen) atoms. The van der Waals surface area contributed by atoms with Crippen LogP contribution in [0.3, 0.4) is 0 Å². The normalized spacial score (nSPS) is 11.2. The Bertz CT molecular complexity index is 618. The quantitative estimate of drug-likeness (QED) is 0.655. The van der Waals surface area contributed by atoms with Crippen LogP contribution >= 0.6 is 0 Å². The minimum Gasteiger partial charge on any atom is -0.493 e. The Balaban J connectivity index is 2.08. The number of benzene rings is 1. The number of nitrogens with one attached hydrogen (secondary N) is 1. The highest BCUT2D eigenvalue weighted by molar-refractivity contribution is 6.00. The molecule has 0 bridgehead atoms. The van der Waals surface area contributed by atoms with Crippen LogP contribution in [0, 0.1) is 0 Å². The molecule has 0 unspecified atom stereocenters. The second kappa shape index (κ2) is 7.28. The van der Waals surface area contributed by atoms with Crippen molar-refractivity contribution in [2.24, 2.45) is 5.10 Å². The Morgan fingerprint density at radius 2 is 2.10 bits per heavy atom. The number of furan rings is 1. The molecule has 5 heteroatoms. The maximum absolute atomic E-state index is 12.2. The van der Waals surface area contributed by atoms with Crippen molar-refractivity contribution in [3.8, 4) is 5.75 Å². The van der Waals surface area contributed by atoms with Crippen molar-refractivity contribution in [2.45, 2.75) is 20.3 Å². The van der Waals surface area contributed by atoms with E-state index < -0.39 is 0 Å². The van der Waals surface area contributed by atoms with Crippen LogP contribution in [-0.2, 0) is 0 Å². The molecule has 1 N–H and O–H groups in total. The first kappa shape index (κ1) is 14.8. The van der Waals surface area contributed by atoms with Gasteiger partial charge in [0.1, 0.15) is 17.2 Å². The number of para-hydroxylation sites is 1. The van der Waals surface area contributed by atoms with Gasteiger partial charge >= 0.3 is 0 Å². The Kier molecular flexibility index (Phi) is 5.15. The van der Waals surface area contributed by atoms with Gasteiger partial charge in [0.25, 0.3) is 5.91 Å². The maximum Gasteiger partial charge on any atom is 0.275 e. The third-order valence-electron chi connectivity index (χ3n) is 2.80. The van der Waals surface area contributed by atoms with E-state index in [1.54, 1.807) is 43.5 Å². The summed E-state index contributed by atoms with van der Waals surface area (Å²) in [5, 5.41) is 4.03. The van der Waals surface area contributed by atoms with E-state index >= 15 is 0 Å². The monoisotopic (exact) mass is 286 g/mol. The predicted molar refractivity (Wildman–Crippen MR) is 80.6 cm³/mol. The molecule has 0 aliphatic rings. The molecule has 5 nitrogen and oxygen atoms in total. The van der Waals surface area contributed by atoms with E-state index in [0.717, 1.165) is 6.42 Å². The zero-order chi connectivity index (χ0) is 15.1. The fourth-order valence-electron chi connectivity index (χ4n) is 1.73. The molecule has 0 atom stereocenters. The van der Waals surface area contributed by atoms with Crippen molar-refractivity contribution in [3.05, 3.63) is 54.0 Å². The van der Waals surface area contributed by atoms with Crippen molar-refractivity contribution in [1.82, 2.24) is 5.43 Å². The summed E-state index contributed by atoms with van der Waals surface area (Å²) in [4.78, 5) is 12.2. The Morgan fingerprint density at radius 1 is 1.29 bits per heavy atom. The fourth-order valence-corrected chi connectivity index (χ4v) is 1.73. The lowest BCUT2D eigenvalue weighted by Gasteiger charge is -2.09. The number of carbonyl (C=O) groups excluding carboxylic acids is 1. The average molecular weight is 286 g/mol. The summed E-state index contributed by atoms with van der Waals surface area (Å²) in [5.74, 6) is 0.862. The molecule has 2 aromatic rings.